The highest BCUT2D eigenvalue weighted by atomic mass is 32.2. The summed E-state index contributed by atoms with van der Waals surface area (Å²) in [5.41, 5.74) is 0.324. The molecule has 0 atom stereocenters. The molecule has 26 heavy (non-hydrogen) atoms. The number of amides is 2. The maximum Gasteiger partial charge on any atom is 0.227 e. The molecule has 2 amide bonds. The summed E-state index contributed by atoms with van der Waals surface area (Å²) < 4.78 is 13.5. The number of nitrogens with zero attached hydrogens (tertiary/aromatic N) is 1. The Morgan fingerprint density at radius 3 is 2.50 bits per heavy atom. The van der Waals surface area contributed by atoms with Crippen molar-refractivity contribution in [1.29, 1.82) is 0 Å². The topological polar surface area (TPSA) is 49.4 Å². The van der Waals surface area contributed by atoms with E-state index in [2.05, 4.69) is 5.32 Å². The summed E-state index contributed by atoms with van der Waals surface area (Å²) in [5, 5.41) is 2.97. The Morgan fingerprint density at radius 2 is 1.88 bits per heavy atom. The maximum absolute atomic E-state index is 13.5. The first-order valence-corrected chi connectivity index (χ1v) is 10.3. The Balaban J connectivity index is 1.64. The zero-order valence-electron chi connectivity index (χ0n) is 15.9. The second kappa shape index (κ2) is 9.40. The lowest BCUT2D eigenvalue weighted by molar-refractivity contribution is -0.142. The number of carbonyl (C=O) groups is 2. The highest BCUT2D eigenvalue weighted by molar-refractivity contribution is 7.98. The fraction of sp³-hybridized carbons (Fsp3) is 0.600. The van der Waals surface area contributed by atoms with E-state index in [1.165, 1.54) is 6.07 Å². The second-order valence-electron chi connectivity index (χ2n) is 7.75. The minimum Gasteiger partial charge on any atom is -0.355 e. The summed E-state index contributed by atoms with van der Waals surface area (Å²) >= 11 is 1.61. The largest absolute Gasteiger partial charge is 0.355 e. The van der Waals surface area contributed by atoms with Crippen molar-refractivity contribution in [2.75, 3.05) is 25.4 Å². The molecule has 0 saturated carbocycles. The Kier molecular flexibility index (Phi) is 7.50. The van der Waals surface area contributed by atoms with E-state index in [4.69, 9.17) is 0 Å². The molecular formula is C20H29FN2O2S. The van der Waals surface area contributed by atoms with Crippen molar-refractivity contribution >= 4 is 23.6 Å². The molecule has 1 aliphatic rings. The normalized spacial score (nSPS) is 15.8. The molecule has 1 fully saturated rings. The molecule has 0 aliphatic carbocycles. The highest BCUT2D eigenvalue weighted by Crippen LogP contribution is 2.23. The van der Waals surface area contributed by atoms with Crippen LogP contribution in [0.1, 0.15) is 39.2 Å². The summed E-state index contributed by atoms with van der Waals surface area (Å²) in [6.07, 6.45) is 1.44. The third-order valence-electron chi connectivity index (χ3n) is 4.56. The van der Waals surface area contributed by atoms with Crippen LogP contribution >= 0.6 is 11.8 Å². The van der Waals surface area contributed by atoms with E-state index in [1.54, 1.807) is 23.9 Å². The number of hydrogen-bond acceptors (Lipinski definition) is 3. The van der Waals surface area contributed by atoms with Crippen molar-refractivity contribution < 1.29 is 14.0 Å². The maximum atomic E-state index is 13.5. The van der Waals surface area contributed by atoms with Gasteiger partial charge < -0.3 is 10.2 Å². The predicted octanol–water partition coefficient (Wildman–Crippen LogP) is 3.46. The molecule has 4 nitrogen and oxygen atoms in total. The average Bonchev–Trinajstić information content (AvgIpc) is 2.61. The summed E-state index contributed by atoms with van der Waals surface area (Å²) in [7, 11) is 0. The average molecular weight is 381 g/mol. The predicted molar refractivity (Wildman–Crippen MR) is 104 cm³/mol. The van der Waals surface area contributed by atoms with Crippen molar-refractivity contribution in [3.63, 3.8) is 0 Å². The molecule has 1 heterocycles. The first kappa shape index (κ1) is 20.7. The Morgan fingerprint density at radius 1 is 1.23 bits per heavy atom. The smallest absolute Gasteiger partial charge is 0.227 e. The van der Waals surface area contributed by atoms with Gasteiger partial charge in [0.25, 0.3) is 0 Å². The number of thioether (sulfide) groups is 1. The van der Waals surface area contributed by atoms with Crippen molar-refractivity contribution in [2.24, 2.45) is 11.3 Å². The number of halogens is 1. The number of carbonyl (C=O) groups excluding carboxylic acids is 2. The summed E-state index contributed by atoms with van der Waals surface area (Å²) in [6, 6.07) is 6.77. The van der Waals surface area contributed by atoms with Crippen LogP contribution in [0.4, 0.5) is 4.39 Å². The van der Waals surface area contributed by atoms with Crippen LogP contribution in [0.15, 0.2) is 24.3 Å². The first-order chi connectivity index (χ1) is 12.3. The summed E-state index contributed by atoms with van der Waals surface area (Å²) in [5.74, 6) is 1.38. The number of nitrogens with one attached hydrogen (secondary N) is 1. The van der Waals surface area contributed by atoms with E-state index < -0.39 is 0 Å². The quantitative estimate of drug-likeness (QED) is 0.769. The number of likely N-dealkylation sites (tertiary alicyclic amines) is 1. The van der Waals surface area contributed by atoms with Gasteiger partial charge in [-0.2, -0.15) is 11.8 Å². The van der Waals surface area contributed by atoms with Crippen LogP contribution in [0.2, 0.25) is 0 Å². The molecule has 144 valence electrons. The Hall–Kier alpha value is -1.56. The molecule has 0 bridgehead atoms. The van der Waals surface area contributed by atoms with Crippen LogP contribution in [0.5, 0.6) is 0 Å². The monoisotopic (exact) mass is 380 g/mol. The van der Waals surface area contributed by atoms with Crippen LogP contribution in [-0.2, 0) is 15.3 Å². The van der Waals surface area contributed by atoms with Gasteiger partial charge in [0, 0.05) is 42.5 Å². The van der Waals surface area contributed by atoms with Crippen molar-refractivity contribution in [1.82, 2.24) is 10.2 Å². The molecular weight excluding hydrogens is 351 g/mol. The molecule has 0 spiro atoms. The van der Waals surface area contributed by atoms with Gasteiger partial charge in [-0.25, -0.2) is 4.39 Å². The number of hydrogen-bond donors (Lipinski definition) is 1. The van der Waals surface area contributed by atoms with Crippen LogP contribution in [0, 0.1) is 17.2 Å². The van der Waals surface area contributed by atoms with E-state index in [0.717, 1.165) is 18.6 Å². The van der Waals surface area contributed by atoms with Crippen LogP contribution < -0.4 is 5.32 Å². The van der Waals surface area contributed by atoms with Gasteiger partial charge in [0.2, 0.25) is 11.8 Å². The molecule has 6 heteroatoms. The molecule has 1 aromatic carbocycles. The summed E-state index contributed by atoms with van der Waals surface area (Å²) in [4.78, 5) is 26.4. The number of rotatable bonds is 6. The van der Waals surface area contributed by atoms with Gasteiger partial charge in [-0.15, -0.1) is 0 Å². The first-order valence-electron chi connectivity index (χ1n) is 9.17. The molecule has 0 radical (unpaired) electrons. The van der Waals surface area contributed by atoms with E-state index >= 15 is 0 Å². The van der Waals surface area contributed by atoms with Crippen molar-refractivity contribution in [3.8, 4) is 0 Å². The van der Waals surface area contributed by atoms with Crippen molar-refractivity contribution in [2.45, 2.75) is 39.4 Å². The fourth-order valence-corrected chi connectivity index (χ4v) is 3.85. The van der Waals surface area contributed by atoms with Gasteiger partial charge in [0.15, 0.2) is 0 Å². The van der Waals surface area contributed by atoms with Gasteiger partial charge in [-0.05, 0) is 24.5 Å². The highest BCUT2D eigenvalue weighted by Gasteiger charge is 2.32. The molecule has 0 unspecified atom stereocenters. The summed E-state index contributed by atoms with van der Waals surface area (Å²) in [6.45, 7) is 7.65. The van der Waals surface area contributed by atoms with Gasteiger partial charge in [-0.1, -0.05) is 39.0 Å². The van der Waals surface area contributed by atoms with Gasteiger partial charge in [0.05, 0.1) is 0 Å². The van der Waals surface area contributed by atoms with Gasteiger partial charge >= 0.3 is 0 Å². The molecule has 0 aromatic heterocycles. The van der Waals surface area contributed by atoms with E-state index in [9.17, 15) is 14.0 Å². The van der Waals surface area contributed by atoms with Gasteiger partial charge in [-0.3, -0.25) is 9.59 Å². The molecule has 1 aliphatic heterocycles. The van der Waals surface area contributed by atoms with Crippen LogP contribution in [0.25, 0.3) is 0 Å². The van der Waals surface area contributed by atoms with E-state index in [-0.39, 0.29) is 29.0 Å². The minimum absolute atomic E-state index is 0.0180. The third kappa shape index (κ3) is 6.01. The lowest BCUT2D eigenvalue weighted by Crippen LogP contribution is -2.46. The number of benzene rings is 1. The lowest BCUT2D eigenvalue weighted by atomic mass is 9.91. The lowest BCUT2D eigenvalue weighted by Gasteiger charge is -2.35. The SMILES string of the molecule is CC(C)(C)C(=O)N1CCC(C(=O)NCCSCc2ccccc2F)CC1. The standard InChI is InChI=1S/C20H29FN2O2S/c1-20(2,3)19(25)23-11-8-15(9-12-23)18(24)22-10-13-26-14-16-6-4-5-7-17(16)21/h4-7,15H,8-14H2,1-3H3,(H,22,24). The Labute approximate surface area is 159 Å². The molecule has 1 saturated heterocycles. The van der Waals surface area contributed by atoms with Gasteiger partial charge in [0.1, 0.15) is 5.82 Å². The van der Waals surface area contributed by atoms with Crippen molar-refractivity contribution in [3.05, 3.63) is 35.6 Å². The molecule has 1 aromatic rings. The molecule has 1 N–H and O–H groups in total. The second-order valence-corrected chi connectivity index (χ2v) is 8.86. The zero-order chi connectivity index (χ0) is 19.2. The molecule has 2 rings (SSSR count). The van der Waals surface area contributed by atoms with Crippen LogP contribution in [-0.4, -0.2) is 42.1 Å². The Bertz CT molecular complexity index is 622. The number of piperidine rings is 1. The zero-order valence-corrected chi connectivity index (χ0v) is 16.7. The fourth-order valence-electron chi connectivity index (χ4n) is 3.01. The third-order valence-corrected chi connectivity index (χ3v) is 5.56. The van der Waals surface area contributed by atoms with E-state index in [1.807, 2.05) is 31.7 Å². The van der Waals surface area contributed by atoms with E-state index in [0.29, 0.717) is 31.0 Å². The minimum atomic E-state index is -0.370. The van der Waals surface area contributed by atoms with Crippen LogP contribution in [0.3, 0.4) is 0 Å².